The van der Waals surface area contributed by atoms with Gasteiger partial charge in [0.15, 0.2) is 23.0 Å². The minimum Gasteiger partial charge on any atom is -0.505 e. The van der Waals surface area contributed by atoms with Crippen LogP contribution in [0, 0.1) is 63.8 Å². The number of aromatic hydroxyl groups is 1. The number of rotatable bonds is 13. The van der Waals surface area contributed by atoms with Crippen molar-refractivity contribution in [1.29, 1.82) is 0 Å². The standard InChI is InChI=1S/C23H23FN8O.C22H22BrFN6O5S.C22H23FN6O5S.C18H21FN4O4S.C5H6N2O.C3H6.CH4.O2S/c1-9-27-7-11(8-28-9)33-23-30-21-19-18-12(14(24)6-16(26-2)20(18)29-21)5-17-13-3-10(4-15(13)25)32(17)22(19)31-23;1-10-25-8-11(9-26-10)34-19-15-14-16(23)12(24)7-13(30(5)21(31)35-22(2,3)4)17(14)27-18(15)28-20(29-19)36(6,32)33;1-11-24-9-13(10-25-11)33-19-16-14-7-12(23)8-15(29(5)21(30)34-22(2,3)4)17(14)26-18(16)27-20(28-19)35(6,31)32;1-9-13-11-7-10(19)8-12(23(5)17(24)27-18(2,3)4)14(11)21-15(13)22-16(20-9)28(6,25)26;1-4-6-2-5(8)3-7-4;1-3-2;;1-3-2/h6-8,10,13,15,17,26H,3-5,25H2,1-2H3,(H,29,30,31);7-9H,1-6H3,(H,27,28,29);7-10H,1-6H3,(H,26,27,28);7-8H,1-6H3,(H,20,21,22);2-3,8H,1H3;3H,1H2,2H3;1H4;/t10-,13+,15-,17+;;;;;;;/m1......./s1. The molecule has 0 unspecified atom stereocenters. The Bertz CT molecular complexity index is 8200. The zero-order chi connectivity index (χ0) is 107. The number of H-pyrrole nitrogens is 4. The molecule has 14 heterocycles. The molecule has 19 rings (SSSR count). The van der Waals surface area contributed by atoms with E-state index >= 15 is 8.78 Å². The molecule has 778 valence electrons. The van der Waals surface area contributed by atoms with Crippen LogP contribution in [-0.2, 0) is 61.7 Å². The van der Waals surface area contributed by atoms with Crippen LogP contribution in [0.25, 0.3) is 87.7 Å². The number of hydrogen-bond acceptors (Lipinski definition) is 37. The first-order chi connectivity index (χ1) is 68.3. The number of amides is 3. The molecule has 4 atom stereocenters. The smallest absolute Gasteiger partial charge is 0.414 e. The quantitative estimate of drug-likeness (QED) is 0.0244. The predicted molar refractivity (Wildman–Crippen MR) is 546 cm³/mol. The third-order valence-electron chi connectivity index (χ3n) is 22.0. The van der Waals surface area contributed by atoms with Gasteiger partial charge in [0.2, 0.25) is 46.4 Å². The highest BCUT2D eigenvalue weighted by Gasteiger charge is 2.53. The maximum Gasteiger partial charge on any atom is 0.414 e. The number of sulfone groups is 3. The number of carbonyl (C=O) groups is 3. The van der Waals surface area contributed by atoms with Gasteiger partial charge in [0.25, 0.3) is 10.3 Å². The number of halogens is 5. The van der Waals surface area contributed by atoms with E-state index in [4.69, 9.17) is 52.7 Å². The van der Waals surface area contributed by atoms with Crippen LogP contribution in [0.2, 0.25) is 0 Å². The highest BCUT2D eigenvalue weighted by molar-refractivity contribution is 9.10. The van der Waals surface area contributed by atoms with Crippen molar-refractivity contribution in [2.45, 2.75) is 181 Å². The highest BCUT2D eigenvalue weighted by atomic mass is 79.9. The maximum atomic E-state index is 15.4. The molecule has 2 bridgehead atoms. The van der Waals surface area contributed by atoms with E-state index < -0.39 is 104 Å². The molecule has 1 aliphatic carbocycles. The Labute approximate surface area is 851 Å². The minimum atomic E-state index is -3.86. The number of nitrogens with one attached hydrogen (secondary N) is 5. The van der Waals surface area contributed by atoms with E-state index in [-0.39, 0.29) is 137 Å². The van der Waals surface area contributed by atoms with Crippen molar-refractivity contribution in [2.24, 2.45) is 11.7 Å². The topological polar surface area (TPSA) is 584 Å². The first-order valence-corrected chi connectivity index (χ1v) is 51.3. The molecule has 4 aromatic carbocycles. The van der Waals surface area contributed by atoms with Crippen molar-refractivity contribution in [3.63, 3.8) is 0 Å². The van der Waals surface area contributed by atoms with Gasteiger partial charge in [0.05, 0.1) is 121 Å². The number of ether oxygens (including phenoxy) is 6. The van der Waals surface area contributed by atoms with Crippen LogP contribution in [0.3, 0.4) is 0 Å². The number of piperidine rings is 1. The second-order valence-corrected chi connectivity index (χ2v) is 43.4. The Hall–Kier alpha value is -15.1. The average molecular weight is 2170 g/mol. The first kappa shape index (κ1) is 111. The maximum absolute atomic E-state index is 15.4. The van der Waals surface area contributed by atoms with Gasteiger partial charge < -0.3 is 69.4 Å². The van der Waals surface area contributed by atoms with Crippen molar-refractivity contribution < 1.29 is 99.1 Å². The SMILES string of the molecule is C.C=CC.CNc1cc(F)c2c3c1[nH]c1nc(Oc4cnc(C)nc4)nc(c13)N1[C@@H]3C[C@@H]([C@H](N)C3)[C@@H]1C2.Cc1nc(S(C)(=O)=O)nc2[nH]c3c(N(C)C(=O)OC(C)(C)C)cc(F)cc3c12.Cc1ncc(O)cn1.Cc1ncc(Oc2nc(S(C)(=O)=O)nc3[nH]c4c(N(C)C(=O)OC(C)(C)C)cc(F)c(Br)c4c23)cn1.Cc1ncc(Oc2nc(S(C)(=O)=O)nc3[nH]c4c(N(C)C(=O)OC(C)(C)C)cc(F)cc4c23)cn1.O=S=O. The van der Waals surface area contributed by atoms with Crippen molar-refractivity contribution >= 4 is 192 Å². The Kier molecular flexibility index (Phi) is 32.6. The normalized spacial score (nSPS) is 14.6. The van der Waals surface area contributed by atoms with Crippen LogP contribution in [-0.4, -0.2) is 239 Å². The van der Waals surface area contributed by atoms with Gasteiger partial charge >= 0.3 is 35.9 Å². The molecular formula is C94H105BrF4N26O18S4. The first-order valence-electron chi connectivity index (χ1n) is 44.2. The summed E-state index contributed by atoms with van der Waals surface area (Å²) in [5.41, 5.74) is 9.30. The van der Waals surface area contributed by atoms with Crippen LogP contribution >= 0.6 is 15.9 Å². The molecule has 1 saturated carbocycles. The summed E-state index contributed by atoms with van der Waals surface area (Å²) in [5, 5.41) is 13.9. The van der Waals surface area contributed by atoms with Crippen molar-refractivity contribution in [2.75, 3.05) is 71.9 Å². The number of nitrogens with zero attached hydrogens (tertiary/aromatic N) is 20. The molecule has 3 aliphatic rings. The van der Waals surface area contributed by atoms with Crippen molar-refractivity contribution in [3.05, 3.63) is 161 Å². The molecule has 2 aliphatic heterocycles. The third-order valence-corrected chi connectivity index (χ3v) is 25.3. The van der Waals surface area contributed by atoms with E-state index in [0.29, 0.717) is 85.8 Å². The number of benzene rings is 4. The van der Waals surface area contributed by atoms with Gasteiger partial charge in [-0.1, -0.05) is 13.5 Å². The number of aromatic nitrogens is 20. The second-order valence-electron chi connectivity index (χ2n) is 36.7. The molecule has 147 heavy (non-hydrogen) atoms. The number of hydrogen-bond donors (Lipinski definition) is 7. The Morgan fingerprint density at radius 3 is 1.31 bits per heavy atom. The van der Waals surface area contributed by atoms with Gasteiger partial charge in [-0.3, -0.25) is 14.7 Å². The fourth-order valence-corrected chi connectivity index (χ4v) is 18.0. The summed E-state index contributed by atoms with van der Waals surface area (Å²) >= 11 is 2.50. The summed E-state index contributed by atoms with van der Waals surface area (Å²) in [7, 11) is -5.20. The number of aryl methyl sites for hydroxylation is 5. The number of anilines is 5. The number of carbonyl (C=O) groups excluding carboxylic acids is 3. The fraction of sp³-hybridized carbons (Fsp3) is 0.351. The number of allylic oxidation sites excluding steroid dienone is 1. The van der Waals surface area contributed by atoms with Gasteiger partial charge in [-0.05, 0) is 175 Å². The molecule has 2 fully saturated rings. The summed E-state index contributed by atoms with van der Waals surface area (Å²) in [5.74, 6) is 1.91. The summed E-state index contributed by atoms with van der Waals surface area (Å²) in [6.45, 7) is 29.3. The molecule has 3 amide bonds. The van der Waals surface area contributed by atoms with E-state index in [1.807, 2.05) is 13.8 Å². The molecular weight excluding hydrogens is 2070 g/mol. The molecule has 12 aromatic heterocycles. The average Bonchev–Trinajstić information content (AvgIpc) is 1.53. The number of aromatic amines is 4. The molecule has 0 spiro atoms. The summed E-state index contributed by atoms with van der Waals surface area (Å²) in [6.07, 6.45) is 16.6. The minimum absolute atomic E-state index is 0. The summed E-state index contributed by atoms with van der Waals surface area (Å²) < 4.78 is 183. The second kappa shape index (κ2) is 43.3. The number of fused-ring (bicyclic) bond motifs is 15. The van der Waals surface area contributed by atoms with E-state index in [2.05, 4.69) is 127 Å². The van der Waals surface area contributed by atoms with E-state index in [9.17, 15) is 48.4 Å². The largest absolute Gasteiger partial charge is 0.505 e. The molecule has 53 heteroatoms. The van der Waals surface area contributed by atoms with E-state index in [1.165, 1.54) is 81.4 Å². The highest BCUT2D eigenvalue weighted by Crippen LogP contribution is 2.53. The van der Waals surface area contributed by atoms with Gasteiger partial charge in [0.1, 0.15) is 91.8 Å². The summed E-state index contributed by atoms with van der Waals surface area (Å²) in [6, 6.07) is 8.25. The lowest BCUT2D eigenvalue weighted by Gasteiger charge is -2.38. The van der Waals surface area contributed by atoms with Crippen molar-refractivity contribution in [3.8, 4) is 40.8 Å². The Morgan fingerprint density at radius 1 is 0.517 bits per heavy atom. The van der Waals surface area contributed by atoms with Gasteiger partial charge in [-0.2, -0.15) is 38.3 Å². The van der Waals surface area contributed by atoms with Gasteiger partial charge in [-0.15, -0.1) is 6.58 Å². The van der Waals surface area contributed by atoms with Gasteiger partial charge in [0, 0.05) is 104 Å². The molecule has 44 nitrogen and oxygen atoms in total. The predicted octanol–water partition coefficient (Wildman–Crippen LogP) is 16.6. The lowest BCUT2D eigenvalue weighted by atomic mass is 9.89. The Balaban J connectivity index is 0.000000167. The third kappa shape index (κ3) is 24.8. The lowest BCUT2D eigenvalue weighted by molar-refractivity contribution is 0.0579. The number of nitrogens with two attached hydrogens (primary N) is 1. The van der Waals surface area contributed by atoms with Crippen LogP contribution in [0.5, 0.6) is 40.8 Å². The van der Waals surface area contributed by atoms with Crippen LogP contribution in [0.1, 0.15) is 124 Å². The summed E-state index contributed by atoms with van der Waals surface area (Å²) in [4.78, 5) is 122. The van der Waals surface area contributed by atoms with Crippen LogP contribution in [0.15, 0.2) is 119 Å². The van der Waals surface area contributed by atoms with Crippen LogP contribution in [0.4, 0.5) is 60.5 Å². The molecule has 0 radical (unpaired) electrons. The fourth-order valence-electron chi connectivity index (χ4n) is 16.0. The molecule has 1 saturated heterocycles. The zero-order valence-electron chi connectivity index (χ0n) is 82.7. The van der Waals surface area contributed by atoms with Crippen molar-refractivity contribution in [1.82, 2.24) is 99.7 Å². The zero-order valence-corrected chi connectivity index (χ0v) is 87.6. The lowest BCUT2D eigenvalue weighted by Crippen LogP contribution is -2.49. The van der Waals surface area contributed by atoms with E-state index in [1.54, 1.807) is 122 Å². The van der Waals surface area contributed by atoms with Gasteiger partial charge in [-0.25, -0.2) is 107 Å². The van der Waals surface area contributed by atoms with Crippen LogP contribution < -0.4 is 44.9 Å². The van der Waals surface area contributed by atoms with E-state index in [0.717, 1.165) is 75.6 Å². The molecule has 8 N–H and O–H groups in total. The monoisotopic (exact) mass is 2170 g/mol. The molecule has 16 aromatic rings. The Morgan fingerprint density at radius 2 is 0.891 bits per heavy atom.